The van der Waals surface area contributed by atoms with Crippen molar-refractivity contribution in [3.63, 3.8) is 0 Å². The van der Waals surface area contributed by atoms with Gasteiger partial charge >= 0.3 is 0 Å². The van der Waals surface area contributed by atoms with Crippen molar-refractivity contribution < 1.29 is 9.59 Å². The molecule has 0 spiro atoms. The molecule has 1 unspecified atom stereocenters. The molecule has 4 heteroatoms. The Morgan fingerprint density at radius 1 is 1.41 bits per heavy atom. The minimum atomic E-state index is -0.199. The molecule has 1 aliphatic heterocycles. The second-order valence-electron chi connectivity index (χ2n) is 4.37. The zero-order chi connectivity index (χ0) is 12.4. The highest BCUT2D eigenvalue weighted by atomic mass is 16.2. The van der Waals surface area contributed by atoms with Crippen molar-refractivity contribution in [1.82, 2.24) is 5.32 Å². The first kappa shape index (κ1) is 11.8. The van der Waals surface area contributed by atoms with Crippen molar-refractivity contribution in [2.45, 2.75) is 19.9 Å². The standard InChI is InChI=1S/C13H16N2O2/c1-9-6-12(16)15(13(9)17)11-5-3-4-10(7-11)8-14-2/h3-5,7,9,14H,6,8H2,1-2H3. The number of amides is 2. The van der Waals surface area contributed by atoms with Gasteiger partial charge in [0.25, 0.3) is 0 Å². The van der Waals surface area contributed by atoms with Gasteiger partial charge in [0, 0.05) is 18.9 Å². The number of rotatable bonds is 3. The number of benzene rings is 1. The molecule has 1 aliphatic rings. The number of carbonyl (C=O) groups is 2. The Hall–Kier alpha value is -1.68. The van der Waals surface area contributed by atoms with Gasteiger partial charge in [-0.15, -0.1) is 0 Å². The minimum absolute atomic E-state index is 0.100. The fourth-order valence-corrected chi connectivity index (χ4v) is 2.06. The average Bonchev–Trinajstić information content (AvgIpc) is 2.54. The van der Waals surface area contributed by atoms with Crippen LogP contribution in [0.5, 0.6) is 0 Å². The van der Waals surface area contributed by atoms with Crippen LogP contribution in [0.15, 0.2) is 24.3 Å². The number of hydrogen-bond acceptors (Lipinski definition) is 3. The Labute approximate surface area is 101 Å². The van der Waals surface area contributed by atoms with E-state index in [9.17, 15) is 9.59 Å². The maximum Gasteiger partial charge on any atom is 0.237 e. The summed E-state index contributed by atoms with van der Waals surface area (Å²) < 4.78 is 0. The molecule has 4 nitrogen and oxygen atoms in total. The minimum Gasteiger partial charge on any atom is -0.316 e. The molecule has 1 aromatic rings. The maximum absolute atomic E-state index is 11.9. The number of nitrogens with zero attached hydrogens (tertiary/aromatic N) is 1. The average molecular weight is 232 g/mol. The van der Waals surface area contributed by atoms with E-state index in [1.165, 1.54) is 4.90 Å². The largest absolute Gasteiger partial charge is 0.316 e. The molecule has 17 heavy (non-hydrogen) atoms. The number of imide groups is 1. The van der Waals surface area contributed by atoms with E-state index in [2.05, 4.69) is 5.32 Å². The SMILES string of the molecule is CNCc1cccc(N2C(=O)CC(C)C2=O)c1. The van der Waals surface area contributed by atoms with Crippen molar-refractivity contribution in [1.29, 1.82) is 0 Å². The fraction of sp³-hybridized carbons (Fsp3) is 0.385. The molecular weight excluding hydrogens is 216 g/mol. The van der Waals surface area contributed by atoms with Gasteiger partial charge in [-0.25, -0.2) is 0 Å². The Kier molecular flexibility index (Phi) is 3.24. The van der Waals surface area contributed by atoms with Gasteiger partial charge in [-0.1, -0.05) is 19.1 Å². The van der Waals surface area contributed by atoms with Gasteiger partial charge in [0.05, 0.1) is 5.69 Å². The van der Waals surface area contributed by atoms with E-state index in [4.69, 9.17) is 0 Å². The Balaban J connectivity index is 2.30. The first-order chi connectivity index (χ1) is 8.13. The summed E-state index contributed by atoms with van der Waals surface area (Å²) in [4.78, 5) is 24.9. The predicted molar refractivity (Wildman–Crippen MR) is 65.5 cm³/mol. The van der Waals surface area contributed by atoms with Crippen molar-refractivity contribution in [3.8, 4) is 0 Å². The number of anilines is 1. The second kappa shape index (κ2) is 4.67. The van der Waals surface area contributed by atoms with E-state index in [1.807, 2.05) is 25.2 Å². The van der Waals surface area contributed by atoms with Crippen LogP contribution in [0, 0.1) is 5.92 Å². The van der Waals surface area contributed by atoms with Crippen LogP contribution in [0.3, 0.4) is 0 Å². The number of carbonyl (C=O) groups excluding carboxylic acids is 2. The van der Waals surface area contributed by atoms with E-state index in [1.54, 1.807) is 13.0 Å². The van der Waals surface area contributed by atoms with Crippen LogP contribution in [0.25, 0.3) is 0 Å². The number of hydrogen-bond donors (Lipinski definition) is 1. The molecule has 0 bridgehead atoms. The summed E-state index contributed by atoms with van der Waals surface area (Å²) in [5, 5.41) is 3.04. The third-order valence-electron chi connectivity index (χ3n) is 2.92. The topological polar surface area (TPSA) is 49.4 Å². The Bertz CT molecular complexity index is 456. The van der Waals surface area contributed by atoms with Crippen LogP contribution in [-0.4, -0.2) is 18.9 Å². The van der Waals surface area contributed by atoms with Crippen LogP contribution in [-0.2, 0) is 16.1 Å². The van der Waals surface area contributed by atoms with Crippen LogP contribution in [0.2, 0.25) is 0 Å². The summed E-state index contributed by atoms with van der Waals surface area (Å²) in [7, 11) is 1.86. The van der Waals surface area contributed by atoms with E-state index in [0.717, 1.165) is 12.1 Å². The second-order valence-corrected chi connectivity index (χ2v) is 4.37. The molecule has 0 aromatic heterocycles. The van der Waals surface area contributed by atoms with Crippen LogP contribution >= 0.6 is 0 Å². The molecule has 1 atom stereocenters. The summed E-state index contributed by atoms with van der Waals surface area (Å²) in [6.45, 7) is 2.51. The lowest BCUT2D eigenvalue weighted by Gasteiger charge is -2.15. The third-order valence-corrected chi connectivity index (χ3v) is 2.92. The smallest absolute Gasteiger partial charge is 0.237 e. The molecule has 1 aromatic carbocycles. The van der Waals surface area contributed by atoms with Crippen molar-refractivity contribution in [2.75, 3.05) is 11.9 Å². The molecule has 90 valence electrons. The van der Waals surface area contributed by atoms with Gasteiger partial charge < -0.3 is 5.32 Å². The molecule has 1 N–H and O–H groups in total. The quantitative estimate of drug-likeness (QED) is 0.799. The van der Waals surface area contributed by atoms with Gasteiger partial charge in [0.1, 0.15) is 0 Å². The van der Waals surface area contributed by atoms with E-state index < -0.39 is 0 Å². The van der Waals surface area contributed by atoms with Gasteiger partial charge in [-0.05, 0) is 24.7 Å². The summed E-state index contributed by atoms with van der Waals surface area (Å²) in [5.74, 6) is -0.406. The Morgan fingerprint density at radius 3 is 2.76 bits per heavy atom. The van der Waals surface area contributed by atoms with Crippen LogP contribution in [0.1, 0.15) is 18.9 Å². The molecule has 0 radical (unpaired) electrons. The number of nitrogens with one attached hydrogen (secondary N) is 1. The molecule has 2 amide bonds. The van der Waals surface area contributed by atoms with E-state index >= 15 is 0 Å². The molecule has 1 heterocycles. The van der Waals surface area contributed by atoms with Gasteiger partial charge in [0.15, 0.2) is 0 Å². The van der Waals surface area contributed by atoms with Gasteiger partial charge in [-0.3, -0.25) is 14.5 Å². The molecule has 2 rings (SSSR count). The molecule has 0 aliphatic carbocycles. The lowest BCUT2D eigenvalue weighted by Crippen LogP contribution is -2.30. The highest BCUT2D eigenvalue weighted by molar-refractivity contribution is 6.20. The summed E-state index contributed by atoms with van der Waals surface area (Å²) in [6, 6.07) is 7.51. The molecular formula is C13H16N2O2. The fourth-order valence-electron chi connectivity index (χ4n) is 2.06. The highest BCUT2D eigenvalue weighted by Gasteiger charge is 2.36. The zero-order valence-corrected chi connectivity index (χ0v) is 10.1. The van der Waals surface area contributed by atoms with Crippen molar-refractivity contribution >= 4 is 17.5 Å². The Morgan fingerprint density at radius 2 is 2.18 bits per heavy atom. The predicted octanol–water partition coefficient (Wildman–Crippen LogP) is 1.31. The van der Waals surface area contributed by atoms with Crippen LogP contribution in [0.4, 0.5) is 5.69 Å². The summed E-state index contributed by atoms with van der Waals surface area (Å²) >= 11 is 0. The first-order valence-corrected chi connectivity index (χ1v) is 5.74. The van der Waals surface area contributed by atoms with Crippen molar-refractivity contribution in [2.24, 2.45) is 5.92 Å². The molecule has 1 saturated heterocycles. The first-order valence-electron chi connectivity index (χ1n) is 5.74. The highest BCUT2D eigenvalue weighted by Crippen LogP contribution is 2.26. The van der Waals surface area contributed by atoms with E-state index in [-0.39, 0.29) is 17.7 Å². The summed E-state index contributed by atoms with van der Waals surface area (Å²) in [6.07, 6.45) is 0.315. The third kappa shape index (κ3) is 2.22. The molecule has 1 fully saturated rings. The summed E-state index contributed by atoms with van der Waals surface area (Å²) in [5.41, 5.74) is 1.74. The zero-order valence-electron chi connectivity index (χ0n) is 10.1. The van der Waals surface area contributed by atoms with Gasteiger partial charge in [-0.2, -0.15) is 0 Å². The van der Waals surface area contributed by atoms with E-state index in [0.29, 0.717) is 12.1 Å². The molecule has 0 saturated carbocycles. The maximum atomic E-state index is 11.9. The normalized spacial score (nSPS) is 20.1. The van der Waals surface area contributed by atoms with Gasteiger partial charge in [0.2, 0.25) is 11.8 Å². The van der Waals surface area contributed by atoms with Crippen molar-refractivity contribution in [3.05, 3.63) is 29.8 Å². The van der Waals surface area contributed by atoms with Crippen LogP contribution < -0.4 is 10.2 Å². The lowest BCUT2D eigenvalue weighted by atomic mass is 10.1. The lowest BCUT2D eigenvalue weighted by molar-refractivity contribution is -0.122. The monoisotopic (exact) mass is 232 g/mol.